The fraction of sp³-hybridized carbons (Fsp3) is 0.421. The first kappa shape index (κ1) is 18.1. The van der Waals surface area contributed by atoms with Gasteiger partial charge in [0.1, 0.15) is 11.7 Å². The third kappa shape index (κ3) is 3.97. The van der Waals surface area contributed by atoms with E-state index in [1.54, 1.807) is 18.3 Å². The molecule has 0 unspecified atom stereocenters. The molecule has 0 saturated heterocycles. The number of pyridine rings is 1. The van der Waals surface area contributed by atoms with Crippen LogP contribution in [0.1, 0.15) is 41.5 Å². The van der Waals surface area contributed by atoms with Gasteiger partial charge in [-0.25, -0.2) is 0 Å². The molecule has 1 aromatic carbocycles. The summed E-state index contributed by atoms with van der Waals surface area (Å²) < 4.78 is 0.895. The third-order valence-corrected chi connectivity index (χ3v) is 3.59. The SMILES string of the molecule is CC(C)(C)N([O-])c1cccc(-c2ccc([N+](=O)C(C)(C)C)nc2)c1. The Morgan fingerprint density at radius 2 is 1.67 bits per heavy atom. The molecule has 0 aliphatic rings. The summed E-state index contributed by atoms with van der Waals surface area (Å²) in [6.07, 6.45) is 1.66. The van der Waals surface area contributed by atoms with Crippen molar-refractivity contribution in [3.63, 3.8) is 0 Å². The fourth-order valence-corrected chi connectivity index (χ4v) is 2.22. The number of nitrogens with zero attached hydrogens (tertiary/aromatic N) is 3. The van der Waals surface area contributed by atoms with Crippen molar-refractivity contribution >= 4 is 11.5 Å². The van der Waals surface area contributed by atoms with Crippen LogP contribution in [0.25, 0.3) is 11.1 Å². The maximum atomic E-state index is 12.4. The number of aromatic nitrogens is 1. The smallest absolute Gasteiger partial charge is 0.361 e. The van der Waals surface area contributed by atoms with Crippen molar-refractivity contribution in [3.05, 3.63) is 52.7 Å². The average Bonchev–Trinajstić information content (AvgIpc) is 2.52. The first-order chi connectivity index (χ1) is 11.0. The topological polar surface area (TPSA) is 59.3 Å². The Kier molecular flexibility index (Phi) is 4.76. The highest BCUT2D eigenvalue weighted by Crippen LogP contribution is 2.29. The first-order valence-electron chi connectivity index (χ1n) is 8.01. The fourth-order valence-electron chi connectivity index (χ4n) is 2.22. The van der Waals surface area contributed by atoms with E-state index in [0.717, 1.165) is 21.0 Å². The summed E-state index contributed by atoms with van der Waals surface area (Å²) in [4.78, 5) is 16.4. The number of hydroxylamine groups is 1. The standard InChI is InChI=1S/C19H25N3O2/c1-18(2,3)21(23)16-9-7-8-14(12-16)15-10-11-17(20-13-15)22(24)19(4,5)6/h7-13H,1-6H3. The normalized spacial score (nSPS) is 12.1. The Morgan fingerprint density at radius 1 is 1.00 bits per heavy atom. The van der Waals surface area contributed by atoms with Crippen molar-refractivity contribution < 1.29 is 4.76 Å². The lowest BCUT2D eigenvalue weighted by Gasteiger charge is -2.43. The zero-order valence-electron chi connectivity index (χ0n) is 15.2. The lowest BCUT2D eigenvalue weighted by Crippen LogP contribution is -2.36. The van der Waals surface area contributed by atoms with Gasteiger partial charge >= 0.3 is 5.82 Å². The molecule has 0 N–H and O–H groups in total. The quantitative estimate of drug-likeness (QED) is 0.584. The zero-order valence-corrected chi connectivity index (χ0v) is 15.2. The van der Waals surface area contributed by atoms with Crippen LogP contribution in [-0.4, -0.2) is 20.8 Å². The number of anilines is 1. The van der Waals surface area contributed by atoms with Gasteiger partial charge in [-0.2, -0.15) is 0 Å². The second-order valence-corrected chi connectivity index (χ2v) is 7.89. The molecule has 5 heteroatoms. The highest BCUT2D eigenvalue weighted by molar-refractivity contribution is 5.68. The summed E-state index contributed by atoms with van der Waals surface area (Å²) in [7, 11) is 0. The number of rotatable bonds is 3. The zero-order chi connectivity index (χ0) is 18.1. The van der Waals surface area contributed by atoms with Gasteiger partial charge in [-0.3, -0.25) is 0 Å². The highest BCUT2D eigenvalue weighted by Gasteiger charge is 2.28. The van der Waals surface area contributed by atoms with Crippen LogP contribution < -0.4 is 5.06 Å². The largest absolute Gasteiger partial charge is 0.758 e. The molecule has 1 aromatic heterocycles. The molecule has 2 aromatic rings. The Morgan fingerprint density at radius 3 is 2.17 bits per heavy atom. The third-order valence-electron chi connectivity index (χ3n) is 3.59. The minimum absolute atomic E-state index is 0.377. The van der Waals surface area contributed by atoms with Crippen molar-refractivity contribution in [3.8, 4) is 11.1 Å². The summed E-state index contributed by atoms with van der Waals surface area (Å²) in [6, 6.07) is 11.0. The van der Waals surface area contributed by atoms with E-state index >= 15 is 0 Å². The van der Waals surface area contributed by atoms with Crippen LogP contribution in [0.2, 0.25) is 0 Å². The molecule has 0 radical (unpaired) electrons. The predicted octanol–water partition coefficient (Wildman–Crippen LogP) is 5.06. The van der Waals surface area contributed by atoms with E-state index in [0.29, 0.717) is 11.5 Å². The van der Waals surface area contributed by atoms with Gasteiger partial charge < -0.3 is 10.3 Å². The molecular weight excluding hydrogens is 302 g/mol. The molecule has 0 aliphatic carbocycles. The van der Waals surface area contributed by atoms with E-state index in [1.165, 1.54) is 0 Å². The van der Waals surface area contributed by atoms with Gasteiger partial charge in [0.2, 0.25) is 0 Å². The van der Waals surface area contributed by atoms with Crippen LogP contribution >= 0.6 is 0 Å². The Hall–Kier alpha value is -2.27. The van der Waals surface area contributed by atoms with Crippen LogP contribution in [-0.2, 0) is 0 Å². The minimum atomic E-state index is -0.537. The molecule has 5 nitrogen and oxygen atoms in total. The Labute approximate surface area is 143 Å². The summed E-state index contributed by atoms with van der Waals surface area (Å²) in [5, 5.41) is 13.4. The Balaban J connectivity index is 2.32. The minimum Gasteiger partial charge on any atom is -0.758 e. The molecular formula is C19H25N3O2. The van der Waals surface area contributed by atoms with Crippen LogP contribution in [0.3, 0.4) is 0 Å². The van der Waals surface area contributed by atoms with Gasteiger partial charge in [-0.05, 0) is 75.0 Å². The molecule has 2 rings (SSSR count). The van der Waals surface area contributed by atoms with Crippen LogP contribution in [0.15, 0.2) is 42.6 Å². The van der Waals surface area contributed by atoms with E-state index in [4.69, 9.17) is 0 Å². The van der Waals surface area contributed by atoms with E-state index in [2.05, 4.69) is 4.98 Å². The van der Waals surface area contributed by atoms with E-state index in [9.17, 15) is 10.1 Å². The highest BCUT2D eigenvalue weighted by atomic mass is 16.5. The van der Waals surface area contributed by atoms with Crippen LogP contribution in [0, 0.1) is 10.1 Å². The molecule has 0 spiro atoms. The van der Waals surface area contributed by atoms with Gasteiger partial charge in [0.05, 0.1) is 0 Å². The predicted molar refractivity (Wildman–Crippen MR) is 98.3 cm³/mol. The first-order valence-corrected chi connectivity index (χ1v) is 8.01. The van der Waals surface area contributed by atoms with Crippen molar-refractivity contribution in [1.82, 2.24) is 4.98 Å². The summed E-state index contributed by atoms with van der Waals surface area (Å²) >= 11 is 0. The number of benzene rings is 1. The van der Waals surface area contributed by atoms with Crippen molar-refractivity contribution in [1.29, 1.82) is 0 Å². The van der Waals surface area contributed by atoms with Gasteiger partial charge in [0.15, 0.2) is 0 Å². The van der Waals surface area contributed by atoms with E-state index in [1.807, 2.05) is 65.8 Å². The monoisotopic (exact) mass is 327 g/mol. The second kappa shape index (κ2) is 6.32. The van der Waals surface area contributed by atoms with Gasteiger partial charge in [-0.1, -0.05) is 17.0 Å². The van der Waals surface area contributed by atoms with Gasteiger partial charge in [-0.15, -0.1) is 0 Å². The number of nitroso groups, excluding NO2 is 1. The summed E-state index contributed by atoms with van der Waals surface area (Å²) in [6.45, 7) is 11.1. The lowest BCUT2D eigenvalue weighted by molar-refractivity contribution is -0.543. The molecule has 0 fully saturated rings. The van der Waals surface area contributed by atoms with Gasteiger partial charge in [0, 0.05) is 22.9 Å². The molecule has 0 aliphatic heterocycles. The maximum absolute atomic E-state index is 12.4. The maximum Gasteiger partial charge on any atom is 0.361 e. The summed E-state index contributed by atoms with van der Waals surface area (Å²) in [5.74, 6) is 0.377. The Bertz CT molecular complexity index is 726. The molecule has 0 atom stereocenters. The molecule has 0 saturated carbocycles. The van der Waals surface area contributed by atoms with Crippen LogP contribution in [0.5, 0.6) is 0 Å². The number of hydrogen-bond acceptors (Lipinski definition) is 4. The lowest BCUT2D eigenvalue weighted by atomic mass is 10.0. The van der Waals surface area contributed by atoms with Crippen molar-refractivity contribution in [2.75, 3.05) is 5.06 Å². The van der Waals surface area contributed by atoms with Crippen molar-refractivity contribution in [2.24, 2.45) is 0 Å². The van der Waals surface area contributed by atoms with E-state index < -0.39 is 11.1 Å². The molecule has 1 heterocycles. The van der Waals surface area contributed by atoms with Crippen molar-refractivity contribution in [2.45, 2.75) is 52.6 Å². The van der Waals surface area contributed by atoms with Crippen LogP contribution in [0.4, 0.5) is 11.5 Å². The molecule has 24 heavy (non-hydrogen) atoms. The second-order valence-electron chi connectivity index (χ2n) is 7.89. The van der Waals surface area contributed by atoms with E-state index in [-0.39, 0.29) is 0 Å². The van der Waals surface area contributed by atoms with Gasteiger partial charge in [0.25, 0.3) is 0 Å². The summed E-state index contributed by atoms with van der Waals surface area (Å²) in [5.41, 5.74) is 1.32. The molecule has 128 valence electrons. The number of hydrogen-bond donors (Lipinski definition) is 0. The molecule has 0 bridgehead atoms. The average molecular weight is 327 g/mol. The molecule has 0 amide bonds.